The number of fused-ring (bicyclic) bond motifs is 1. The van der Waals surface area contributed by atoms with E-state index in [1.807, 2.05) is 24.4 Å². The Kier molecular flexibility index (Phi) is 5.48. The van der Waals surface area contributed by atoms with Gasteiger partial charge in [0.15, 0.2) is 11.5 Å². The molecule has 0 saturated heterocycles. The molecule has 0 radical (unpaired) electrons. The van der Waals surface area contributed by atoms with Crippen molar-refractivity contribution in [2.75, 3.05) is 20.8 Å². The summed E-state index contributed by atoms with van der Waals surface area (Å²) in [6, 6.07) is 15.2. The molecule has 0 unspecified atom stereocenters. The first-order valence-electron chi connectivity index (χ1n) is 9.41. The third kappa shape index (κ3) is 3.95. The third-order valence-corrected chi connectivity index (χ3v) is 4.98. The highest BCUT2D eigenvalue weighted by molar-refractivity contribution is 5.94. The van der Waals surface area contributed by atoms with Gasteiger partial charge in [0.05, 0.1) is 38.8 Å². The molecular weight excluding hydrogens is 370 g/mol. The zero-order valence-electron chi connectivity index (χ0n) is 16.4. The number of methoxy groups -OCH3 is 2. The van der Waals surface area contributed by atoms with Crippen LogP contribution in [-0.2, 0) is 17.9 Å². The van der Waals surface area contributed by atoms with Crippen molar-refractivity contribution in [2.45, 2.75) is 19.3 Å². The molecule has 1 aliphatic heterocycles. The third-order valence-electron chi connectivity index (χ3n) is 4.98. The lowest BCUT2D eigenvalue weighted by atomic mass is 10.1. The zero-order valence-corrected chi connectivity index (χ0v) is 16.4. The molecular formula is C22H23N3O4. The predicted octanol–water partition coefficient (Wildman–Crippen LogP) is 2.90. The topological polar surface area (TPSA) is 74.6 Å². The SMILES string of the molecule is COc1ccc(C(=O)NC[C@H]2Cn3c(-c4ccccc4)cnc3CO2)cc1OC. The van der Waals surface area contributed by atoms with Crippen molar-refractivity contribution in [3.63, 3.8) is 0 Å². The van der Waals surface area contributed by atoms with Crippen molar-refractivity contribution in [1.82, 2.24) is 14.9 Å². The number of carbonyl (C=O) groups excluding carboxylic acids is 1. The quantitative estimate of drug-likeness (QED) is 0.697. The first-order valence-corrected chi connectivity index (χ1v) is 9.41. The maximum absolute atomic E-state index is 12.6. The number of hydrogen-bond donors (Lipinski definition) is 1. The van der Waals surface area contributed by atoms with Crippen LogP contribution in [0.1, 0.15) is 16.2 Å². The number of aromatic nitrogens is 2. The smallest absolute Gasteiger partial charge is 0.251 e. The first-order chi connectivity index (χ1) is 14.2. The summed E-state index contributed by atoms with van der Waals surface area (Å²) in [6.07, 6.45) is 1.74. The highest BCUT2D eigenvalue weighted by atomic mass is 16.5. The number of hydrogen-bond acceptors (Lipinski definition) is 5. The summed E-state index contributed by atoms with van der Waals surface area (Å²) in [7, 11) is 3.11. The molecule has 0 fully saturated rings. The number of imidazole rings is 1. The van der Waals surface area contributed by atoms with Gasteiger partial charge in [-0.2, -0.15) is 0 Å². The number of amides is 1. The molecule has 0 spiro atoms. The van der Waals surface area contributed by atoms with Gasteiger partial charge < -0.3 is 24.1 Å². The molecule has 29 heavy (non-hydrogen) atoms. The van der Waals surface area contributed by atoms with Crippen LogP contribution in [0.5, 0.6) is 11.5 Å². The molecule has 1 atom stereocenters. The van der Waals surface area contributed by atoms with E-state index in [9.17, 15) is 4.79 Å². The van der Waals surface area contributed by atoms with Gasteiger partial charge in [0.25, 0.3) is 5.91 Å². The molecule has 1 aromatic heterocycles. The largest absolute Gasteiger partial charge is 0.493 e. The molecule has 1 N–H and O–H groups in total. The van der Waals surface area contributed by atoms with E-state index in [0.29, 0.717) is 36.8 Å². The summed E-state index contributed by atoms with van der Waals surface area (Å²) in [4.78, 5) is 17.0. The molecule has 7 nitrogen and oxygen atoms in total. The van der Waals surface area contributed by atoms with Crippen LogP contribution in [0.2, 0.25) is 0 Å². The summed E-state index contributed by atoms with van der Waals surface area (Å²) >= 11 is 0. The van der Waals surface area contributed by atoms with E-state index < -0.39 is 0 Å². The number of nitrogens with zero attached hydrogens (tertiary/aromatic N) is 2. The van der Waals surface area contributed by atoms with E-state index in [0.717, 1.165) is 17.1 Å². The summed E-state index contributed by atoms with van der Waals surface area (Å²) in [5.41, 5.74) is 2.67. The second-order valence-corrected chi connectivity index (χ2v) is 6.75. The Morgan fingerprint density at radius 2 is 1.97 bits per heavy atom. The van der Waals surface area contributed by atoms with Crippen molar-refractivity contribution >= 4 is 5.91 Å². The van der Waals surface area contributed by atoms with Crippen molar-refractivity contribution in [3.8, 4) is 22.8 Å². The van der Waals surface area contributed by atoms with E-state index in [1.165, 1.54) is 0 Å². The Morgan fingerprint density at radius 3 is 2.72 bits per heavy atom. The van der Waals surface area contributed by atoms with E-state index in [1.54, 1.807) is 32.4 Å². The maximum Gasteiger partial charge on any atom is 0.251 e. The maximum atomic E-state index is 12.6. The molecule has 1 aliphatic rings. The minimum Gasteiger partial charge on any atom is -0.493 e. The van der Waals surface area contributed by atoms with Gasteiger partial charge in [-0.3, -0.25) is 4.79 Å². The number of carbonyl (C=O) groups is 1. The van der Waals surface area contributed by atoms with Gasteiger partial charge in [-0.15, -0.1) is 0 Å². The van der Waals surface area contributed by atoms with Crippen LogP contribution in [0.3, 0.4) is 0 Å². The van der Waals surface area contributed by atoms with Crippen LogP contribution in [0, 0.1) is 0 Å². The van der Waals surface area contributed by atoms with E-state index in [-0.39, 0.29) is 12.0 Å². The summed E-state index contributed by atoms with van der Waals surface area (Å²) < 4.78 is 18.5. The van der Waals surface area contributed by atoms with Gasteiger partial charge >= 0.3 is 0 Å². The molecule has 0 bridgehead atoms. The number of rotatable bonds is 6. The molecule has 2 heterocycles. The number of benzene rings is 2. The molecule has 1 amide bonds. The standard InChI is InChI=1S/C22H23N3O4/c1-27-19-9-8-16(10-20(19)28-2)22(26)24-11-17-13-25-18(12-23-21(25)14-29-17)15-6-4-3-5-7-15/h3-10,12,17H,11,13-14H2,1-2H3,(H,24,26)/t17-/m0/s1. The first kappa shape index (κ1) is 19.0. The van der Waals surface area contributed by atoms with E-state index in [2.05, 4.69) is 27.0 Å². The lowest BCUT2D eigenvalue weighted by Crippen LogP contribution is -2.39. The monoisotopic (exact) mass is 393 g/mol. The Morgan fingerprint density at radius 1 is 1.17 bits per heavy atom. The van der Waals surface area contributed by atoms with Crippen LogP contribution < -0.4 is 14.8 Å². The fourth-order valence-corrected chi connectivity index (χ4v) is 3.43. The number of nitrogens with one attached hydrogen (secondary N) is 1. The van der Waals surface area contributed by atoms with Gasteiger partial charge in [-0.05, 0) is 23.8 Å². The van der Waals surface area contributed by atoms with Crippen LogP contribution in [0.15, 0.2) is 54.7 Å². The Bertz CT molecular complexity index is 1000. The fourth-order valence-electron chi connectivity index (χ4n) is 3.43. The van der Waals surface area contributed by atoms with E-state index >= 15 is 0 Å². The minimum absolute atomic E-state index is 0.136. The highest BCUT2D eigenvalue weighted by Gasteiger charge is 2.23. The van der Waals surface area contributed by atoms with Gasteiger partial charge in [0.1, 0.15) is 12.4 Å². The molecule has 150 valence electrons. The molecule has 7 heteroatoms. The normalized spacial score (nSPS) is 15.4. The summed E-state index contributed by atoms with van der Waals surface area (Å²) in [5, 5.41) is 2.95. The van der Waals surface area contributed by atoms with Crippen molar-refractivity contribution in [1.29, 1.82) is 0 Å². The van der Waals surface area contributed by atoms with Gasteiger partial charge in [-0.25, -0.2) is 4.98 Å². The van der Waals surface area contributed by atoms with Crippen LogP contribution in [0.25, 0.3) is 11.3 Å². The number of ether oxygens (including phenoxy) is 3. The van der Waals surface area contributed by atoms with Crippen LogP contribution in [0.4, 0.5) is 0 Å². The lowest BCUT2D eigenvalue weighted by Gasteiger charge is -2.26. The van der Waals surface area contributed by atoms with Gasteiger partial charge in [0, 0.05) is 12.1 Å². The Hall–Kier alpha value is -3.32. The molecule has 2 aromatic carbocycles. The van der Waals surface area contributed by atoms with Crippen LogP contribution >= 0.6 is 0 Å². The fraction of sp³-hybridized carbons (Fsp3) is 0.273. The second kappa shape index (κ2) is 8.36. The highest BCUT2D eigenvalue weighted by Crippen LogP contribution is 2.28. The average Bonchev–Trinajstić information content (AvgIpc) is 3.20. The van der Waals surface area contributed by atoms with Crippen molar-refractivity contribution in [2.24, 2.45) is 0 Å². The lowest BCUT2D eigenvalue weighted by molar-refractivity contribution is 0.00374. The van der Waals surface area contributed by atoms with Crippen LogP contribution in [-0.4, -0.2) is 42.3 Å². The van der Waals surface area contributed by atoms with Gasteiger partial charge in [0.2, 0.25) is 0 Å². The van der Waals surface area contributed by atoms with Crippen molar-refractivity contribution in [3.05, 3.63) is 66.1 Å². The predicted molar refractivity (Wildman–Crippen MR) is 108 cm³/mol. The van der Waals surface area contributed by atoms with Crippen molar-refractivity contribution < 1.29 is 19.0 Å². The van der Waals surface area contributed by atoms with Gasteiger partial charge in [-0.1, -0.05) is 30.3 Å². The molecule has 0 saturated carbocycles. The summed E-state index contributed by atoms with van der Waals surface area (Å²) in [6.45, 7) is 1.45. The minimum atomic E-state index is -0.186. The average molecular weight is 393 g/mol. The summed E-state index contributed by atoms with van der Waals surface area (Å²) in [5.74, 6) is 1.81. The second-order valence-electron chi connectivity index (χ2n) is 6.75. The molecule has 0 aliphatic carbocycles. The zero-order chi connectivity index (χ0) is 20.2. The molecule has 4 rings (SSSR count). The Balaban J connectivity index is 1.42. The Labute approximate surface area is 169 Å². The molecule has 3 aromatic rings. The van der Waals surface area contributed by atoms with E-state index in [4.69, 9.17) is 14.2 Å².